The first-order valence-corrected chi connectivity index (χ1v) is 24.7. The first-order valence-electron chi connectivity index (χ1n) is 24.7. The minimum atomic E-state index is -0.820. The van der Waals surface area contributed by atoms with E-state index >= 15 is 0 Å². The van der Waals surface area contributed by atoms with E-state index in [4.69, 9.17) is 14.2 Å². The Bertz CT molecular complexity index is 1250. The number of esters is 3. The van der Waals surface area contributed by atoms with Crippen molar-refractivity contribution in [3.8, 4) is 0 Å². The maximum absolute atomic E-state index is 12.8. The lowest BCUT2D eigenvalue weighted by molar-refractivity contribution is -0.167. The van der Waals surface area contributed by atoms with Crippen molar-refractivity contribution in [2.24, 2.45) is 0 Å². The summed E-state index contributed by atoms with van der Waals surface area (Å²) in [5.74, 6) is -1.02. The van der Waals surface area contributed by atoms with Gasteiger partial charge in [0.05, 0.1) is 0 Å². The largest absolute Gasteiger partial charge is 0.462 e. The molecular weight excluding hydrogens is 757 g/mol. The number of carbonyl (C=O) groups excluding carboxylic acids is 3. The van der Waals surface area contributed by atoms with Gasteiger partial charge in [0, 0.05) is 19.3 Å². The fourth-order valence-corrected chi connectivity index (χ4v) is 6.36. The highest BCUT2D eigenvalue weighted by molar-refractivity contribution is 5.71. The smallest absolute Gasteiger partial charge is 0.306 e. The highest BCUT2D eigenvalue weighted by Gasteiger charge is 2.19. The minimum Gasteiger partial charge on any atom is -0.462 e. The molecule has 0 aromatic rings. The van der Waals surface area contributed by atoms with Crippen molar-refractivity contribution in [1.29, 1.82) is 0 Å². The molecule has 1 atom stereocenters. The number of carbonyl (C=O) groups is 3. The molecular formula is C55H90O6. The number of hydrogen-bond donors (Lipinski definition) is 0. The van der Waals surface area contributed by atoms with Crippen molar-refractivity contribution >= 4 is 17.9 Å². The van der Waals surface area contributed by atoms with Crippen molar-refractivity contribution in [1.82, 2.24) is 0 Å². The maximum Gasteiger partial charge on any atom is 0.306 e. The lowest BCUT2D eigenvalue weighted by atomic mass is 10.1. The van der Waals surface area contributed by atoms with Crippen LogP contribution in [0.3, 0.4) is 0 Å². The molecule has 0 saturated carbocycles. The number of hydrogen-bond acceptors (Lipinski definition) is 6. The van der Waals surface area contributed by atoms with Gasteiger partial charge < -0.3 is 14.2 Å². The summed E-state index contributed by atoms with van der Waals surface area (Å²) < 4.78 is 16.7. The zero-order chi connectivity index (χ0) is 44.4. The quantitative estimate of drug-likeness (QED) is 0.0263. The van der Waals surface area contributed by atoms with Gasteiger partial charge in [-0.15, -0.1) is 0 Å². The van der Waals surface area contributed by atoms with E-state index in [9.17, 15) is 14.4 Å². The molecule has 0 N–H and O–H groups in total. The molecule has 0 fully saturated rings. The summed E-state index contributed by atoms with van der Waals surface area (Å²) in [6.45, 7) is 6.39. The van der Waals surface area contributed by atoms with E-state index in [0.29, 0.717) is 19.3 Å². The van der Waals surface area contributed by atoms with Gasteiger partial charge in [-0.05, 0) is 96.3 Å². The third-order valence-corrected chi connectivity index (χ3v) is 10.1. The first kappa shape index (κ1) is 57.3. The molecule has 61 heavy (non-hydrogen) atoms. The van der Waals surface area contributed by atoms with Gasteiger partial charge in [-0.1, -0.05) is 195 Å². The second kappa shape index (κ2) is 49.0. The molecule has 6 heteroatoms. The summed E-state index contributed by atoms with van der Waals surface area (Å²) in [6, 6.07) is 0. The SMILES string of the molecule is CC/C=C\C/C=C\C/C=C\C/C=C\C/C=C\CCCC(=O)O[C@H](COC(=O)CCCC/C=C\C/C=C\C/C=C\CCCCC)COC(=O)CCCCCCCCCCCCC. The topological polar surface area (TPSA) is 78.9 Å². The molecule has 0 spiro atoms. The number of unbranched alkanes of at least 4 members (excludes halogenated alkanes) is 16. The van der Waals surface area contributed by atoms with Gasteiger partial charge in [0.2, 0.25) is 0 Å². The Kier molecular flexibility index (Phi) is 46.0. The van der Waals surface area contributed by atoms with Crippen LogP contribution in [0.5, 0.6) is 0 Å². The standard InChI is InChI=1S/C55H90O6/c1-4-7-10-13-16-19-22-24-26-27-29-31-34-37-40-43-46-49-55(58)61-52(50-59-53(56)47-44-41-38-35-32-21-18-15-12-9-6-3)51-60-54(57)48-45-42-39-36-33-30-28-25-23-20-17-14-11-8-5-2/h7,10,16-17,19-20,24-26,28-29,31,33,36-37,40,52H,4-6,8-9,11-15,18,21-23,27,30,32,34-35,38-39,41-51H2,1-3H3/b10-7-,19-16-,20-17-,26-24-,28-25-,31-29-,36-33-,40-37-/t52-/m0/s1. The van der Waals surface area contributed by atoms with Gasteiger partial charge in [0.1, 0.15) is 13.2 Å². The zero-order valence-corrected chi connectivity index (χ0v) is 39.4. The van der Waals surface area contributed by atoms with E-state index in [1.54, 1.807) is 0 Å². The van der Waals surface area contributed by atoms with Crippen LogP contribution in [-0.4, -0.2) is 37.2 Å². The van der Waals surface area contributed by atoms with Crippen LogP contribution in [-0.2, 0) is 28.6 Å². The van der Waals surface area contributed by atoms with Gasteiger partial charge in [-0.2, -0.15) is 0 Å². The molecule has 0 aliphatic heterocycles. The van der Waals surface area contributed by atoms with Gasteiger partial charge in [0.25, 0.3) is 0 Å². The first-order chi connectivity index (χ1) is 30.0. The zero-order valence-electron chi connectivity index (χ0n) is 39.4. The predicted molar refractivity (Wildman–Crippen MR) is 260 cm³/mol. The van der Waals surface area contributed by atoms with Crippen LogP contribution in [0.25, 0.3) is 0 Å². The van der Waals surface area contributed by atoms with E-state index in [0.717, 1.165) is 89.9 Å². The maximum atomic E-state index is 12.8. The van der Waals surface area contributed by atoms with Crippen LogP contribution in [0.1, 0.15) is 213 Å². The number of allylic oxidation sites excluding steroid dienone is 16. The van der Waals surface area contributed by atoms with Crippen LogP contribution in [0.4, 0.5) is 0 Å². The Labute approximate surface area is 375 Å². The summed E-state index contributed by atoms with van der Waals surface area (Å²) in [4.78, 5) is 37.9. The van der Waals surface area contributed by atoms with E-state index in [2.05, 4.69) is 118 Å². The summed E-state index contributed by atoms with van der Waals surface area (Å²) in [5.41, 5.74) is 0. The molecule has 0 aliphatic carbocycles. The lowest BCUT2D eigenvalue weighted by Gasteiger charge is -2.18. The van der Waals surface area contributed by atoms with Gasteiger partial charge in [0.15, 0.2) is 6.10 Å². The third-order valence-electron chi connectivity index (χ3n) is 10.1. The van der Waals surface area contributed by atoms with Crippen LogP contribution in [0, 0.1) is 0 Å². The fourth-order valence-electron chi connectivity index (χ4n) is 6.36. The fraction of sp³-hybridized carbons (Fsp3) is 0.655. The molecule has 0 saturated heterocycles. The molecule has 6 nitrogen and oxygen atoms in total. The van der Waals surface area contributed by atoms with Crippen molar-refractivity contribution in [2.45, 2.75) is 219 Å². The minimum absolute atomic E-state index is 0.112. The van der Waals surface area contributed by atoms with Crippen LogP contribution >= 0.6 is 0 Å². The number of rotatable bonds is 43. The Hall–Kier alpha value is -3.67. The lowest BCUT2D eigenvalue weighted by Crippen LogP contribution is -2.30. The van der Waals surface area contributed by atoms with Crippen molar-refractivity contribution in [2.75, 3.05) is 13.2 Å². The Morgan fingerprint density at radius 3 is 1.08 bits per heavy atom. The Morgan fingerprint density at radius 2 is 0.656 bits per heavy atom. The molecule has 0 aromatic carbocycles. The molecule has 0 amide bonds. The van der Waals surface area contributed by atoms with Gasteiger partial charge in [-0.3, -0.25) is 14.4 Å². The molecule has 0 aliphatic rings. The van der Waals surface area contributed by atoms with Crippen LogP contribution in [0.15, 0.2) is 97.2 Å². The van der Waals surface area contributed by atoms with E-state index < -0.39 is 6.10 Å². The average molecular weight is 847 g/mol. The molecule has 0 aromatic heterocycles. The third kappa shape index (κ3) is 47.2. The summed E-state index contributed by atoms with van der Waals surface area (Å²) in [6.07, 6.45) is 63.9. The summed E-state index contributed by atoms with van der Waals surface area (Å²) >= 11 is 0. The molecule has 0 bridgehead atoms. The second-order valence-corrected chi connectivity index (χ2v) is 16.0. The highest BCUT2D eigenvalue weighted by atomic mass is 16.6. The Morgan fingerprint density at radius 1 is 0.344 bits per heavy atom. The van der Waals surface area contributed by atoms with Crippen molar-refractivity contribution in [3.63, 3.8) is 0 Å². The monoisotopic (exact) mass is 847 g/mol. The molecule has 0 heterocycles. The van der Waals surface area contributed by atoms with E-state index in [1.165, 1.54) is 77.0 Å². The van der Waals surface area contributed by atoms with Gasteiger partial charge in [-0.25, -0.2) is 0 Å². The van der Waals surface area contributed by atoms with Crippen LogP contribution in [0.2, 0.25) is 0 Å². The normalized spacial score (nSPS) is 12.9. The number of ether oxygens (including phenoxy) is 3. The molecule has 0 rings (SSSR count). The van der Waals surface area contributed by atoms with Crippen molar-refractivity contribution < 1.29 is 28.6 Å². The second-order valence-electron chi connectivity index (χ2n) is 16.0. The molecule has 0 radical (unpaired) electrons. The highest BCUT2D eigenvalue weighted by Crippen LogP contribution is 2.13. The van der Waals surface area contributed by atoms with Gasteiger partial charge >= 0.3 is 17.9 Å². The van der Waals surface area contributed by atoms with Crippen LogP contribution < -0.4 is 0 Å². The van der Waals surface area contributed by atoms with E-state index in [-0.39, 0.29) is 37.5 Å². The molecule has 346 valence electrons. The summed E-state index contributed by atoms with van der Waals surface area (Å²) in [5, 5.41) is 0. The van der Waals surface area contributed by atoms with E-state index in [1.807, 2.05) is 0 Å². The molecule has 0 unspecified atom stereocenters. The Balaban J connectivity index is 4.55. The summed E-state index contributed by atoms with van der Waals surface area (Å²) in [7, 11) is 0. The predicted octanol–water partition coefficient (Wildman–Crippen LogP) is 16.2. The average Bonchev–Trinajstić information content (AvgIpc) is 3.26. The van der Waals surface area contributed by atoms with Crippen molar-refractivity contribution in [3.05, 3.63) is 97.2 Å².